The summed E-state index contributed by atoms with van der Waals surface area (Å²) in [4.78, 5) is 13.6. The van der Waals surface area contributed by atoms with Crippen LogP contribution >= 0.6 is 0 Å². The molecule has 0 aliphatic carbocycles. The van der Waals surface area contributed by atoms with Gasteiger partial charge >= 0.3 is 0 Å². The molecule has 0 amide bonds. The molecule has 0 aromatic rings. The zero-order valence-electron chi connectivity index (χ0n) is 12.4. The van der Waals surface area contributed by atoms with Crippen molar-refractivity contribution < 1.29 is 13.2 Å². The monoisotopic (exact) mass is 289 g/mol. The van der Waals surface area contributed by atoms with Gasteiger partial charge in [-0.25, -0.2) is 8.42 Å². The second-order valence-electron chi connectivity index (χ2n) is 5.86. The number of hydrogen-bond acceptors (Lipinski definition) is 4. The molecule has 0 radical (unpaired) electrons. The van der Waals surface area contributed by atoms with Crippen molar-refractivity contribution >= 4 is 15.6 Å². The molecule has 5 heteroatoms. The predicted molar refractivity (Wildman–Crippen MR) is 78.0 cm³/mol. The molecular formula is C14H27NO3S. The largest absolute Gasteiger partial charge is 0.300 e. The summed E-state index contributed by atoms with van der Waals surface area (Å²) in [6, 6.07) is 0.238. The second-order valence-corrected chi connectivity index (χ2v) is 8.54. The second kappa shape index (κ2) is 7.39. The smallest absolute Gasteiger partial charge is 0.153 e. The number of carbonyl (C=O) groups excluding carboxylic acids is 1. The first-order chi connectivity index (χ1) is 8.83. The van der Waals surface area contributed by atoms with Crippen LogP contribution in [0.3, 0.4) is 0 Å². The summed E-state index contributed by atoms with van der Waals surface area (Å²) >= 11 is 0. The van der Waals surface area contributed by atoms with Gasteiger partial charge in [0, 0.05) is 19.0 Å². The maximum atomic E-state index is 11.9. The van der Waals surface area contributed by atoms with Gasteiger partial charge in [0.1, 0.15) is 5.78 Å². The molecule has 1 saturated heterocycles. The first-order valence-corrected chi connectivity index (χ1v) is 8.99. The van der Waals surface area contributed by atoms with Gasteiger partial charge < -0.3 is 0 Å². The quantitative estimate of drug-likeness (QED) is 0.751. The van der Waals surface area contributed by atoms with Crippen LogP contribution in [-0.2, 0) is 14.6 Å². The Morgan fingerprint density at radius 3 is 2.53 bits per heavy atom. The lowest BCUT2D eigenvalue weighted by molar-refractivity contribution is -0.118. The van der Waals surface area contributed by atoms with Crippen molar-refractivity contribution in [2.75, 3.05) is 18.8 Å². The number of likely N-dealkylation sites (tertiary alicyclic amines) is 1. The molecule has 0 bridgehead atoms. The molecule has 0 spiro atoms. The molecule has 0 N–H and O–H groups in total. The van der Waals surface area contributed by atoms with Crippen LogP contribution < -0.4 is 0 Å². The van der Waals surface area contributed by atoms with E-state index in [9.17, 15) is 13.2 Å². The summed E-state index contributed by atoms with van der Waals surface area (Å²) in [6.45, 7) is 6.56. The highest BCUT2D eigenvalue weighted by molar-refractivity contribution is 7.92. The molecule has 1 heterocycles. The maximum Gasteiger partial charge on any atom is 0.153 e. The van der Waals surface area contributed by atoms with E-state index in [4.69, 9.17) is 0 Å². The molecule has 1 atom stereocenters. The Bertz CT molecular complexity index is 389. The lowest BCUT2D eigenvalue weighted by Gasteiger charge is -2.29. The van der Waals surface area contributed by atoms with Crippen molar-refractivity contribution in [3.63, 3.8) is 0 Å². The van der Waals surface area contributed by atoms with Crippen LogP contribution in [0, 0.1) is 0 Å². The molecule has 4 nitrogen and oxygen atoms in total. The minimum absolute atomic E-state index is 0.198. The summed E-state index contributed by atoms with van der Waals surface area (Å²) in [5, 5.41) is -0.314. The van der Waals surface area contributed by atoms with Crippen LogP contribution in [0.5, 0.6) is 0 Å². The van der Waals surface area contributed by atoms with E-state index in [0.29, 0.717) is 13.0 Å². The molecule has 0 saturated carbocycles. The standard InChI is InChI=1S/C14H27NO3S/c1-12(2)19(17,18)10-9-15-8-6-4-5-7-14(15)11-13(3)16/h12,14H,4-11H2,1-3H3. The number of carbonyl (C=O) groups is 1. The minimum atomic E-state index is -2.99. The highest BCUT2D eigenvalue weighted by Crippen LogP contribution is 2.19. The van der Waals surface area contributed by atoms with Gasteiger partial charge in [0.05, 0.1) is 11.0 Å². The van der Waals surface area contributed by atoms with Crippen LogP contribution in [0.1, 0.15) is 52.9 Å². The fourth-order valence-electron chi connectivity index (χ4n) is 2.57. The van der Waals surface area contributed by atoms with Crippen LogP contribution in [0.15, 0.2) is 0 Å². The number of ketones is 1. The number of sulfone groups is 1. The van der Waals surface area contributed by atoms with Gasteiger partial charge in [-0.3, -0.25) is 9.69 Å². The zero-order chi connectivity index (χ0) is 14.5. The average Bonchev–Trinajstić information content (AvgIpc) is 2.51. The van der Waals surface area contributed by atoms with Crippen molar-refractivity contribution in [1.29, 1.82) is 0 Å². The zero-order valence-corrected chi connectivity index (χ0v) is 13.2. The maximum absolute atomic E-state index is 11.9. The van der Waals surface area contributed by atoms with E-state index >= 15 is 0 Å². The summed E-state index contributed by atoms with van der Waals surface area (Å²) in [5.74, 6) is 0.405. The molecule has 1 fully saturated rings. The molecule has 1 unspecified atom stereocenters. The Balaban J connectivity index is 2.63. The number of Topliss-reactive ketones (excluding diaryl/α,β-unsaturated/α-hetero) is 1. The SMILES string of the molecule is CC(=O)CC1CCCCCN1CCS(=O)(=O)C(C)C. The van der Waals surface area contributed by atoms with Gasteiger partial charge in [-0.1, -0.05) is 12.8 Å². The van der Waals surface area contributed by atoms with E-state index in [1.165, 1.54) is 6.42 Å². The van der Waals surface area contributed by atoms with E-state index < -0.39 is 9.84 Å². The third kappa shape index (κ3) is 5.61. The summed E-state index contributed by atoms with van der Waals surface area (Å²) < 4.78 is 23.8. The van der Waals surface area contributed by atoms with E-state index in [1.807, 2.05) is 0 Å². The number of nitrogens with zero attached hydrogens (tertiary/aromatic N) is 1. The van der Waals surface area contributed by atoms with Crippen LogP contribution in [0.25, 0.3) is 0 Å². The van der Waals surface area contributed by atoms with Gasteiger partial charge in [-0.05, 0) is 40.2 Å². The molecule has 0 aromatic carbocycles. The lowest BCUT2D eigenvalue weighted by atomic mass is 10.0. The summed E-state index contributed by atoms with van der Waals surface area (Å²) in [5.41, 5.74) is 0. The Morgan fingerprint density at radius 2 is 1.95 bits per heavy atom. The molecule has 0 aromatic heterocycles. The van der Waals surface area contributed by atoms with E-state index in [1.54, 1.807) is 20.8 Å². The molecule has 112 valence electrons. The van der Waals surface area contributed by atoms with Gasteiger partial charge in [0.15, 0.2) is 9.84 Å². The lowest BCUT2D eigenvalue weighted by Crippen LogP contribution is -2.40. The molecule has 1 aliphatic heterocycles. The number of hydrogen-bond donors (Lipinski definition) is 0. The van der Waals surface area contributed by atoms with Gasteiger partial charge in [-0.15, -0.1) is 0 Å². The molecular weight excluding hydrogens is 262 g/mol. The third-order valence-electron chi connectivity index (χ3n) is 3.90. The Morgan fingerprint density at radius 1 is 1.26 bits per heavy atom. The van der Waals surface area contributed by atoms with Crippen molar-refractivity contribution in [2.45, 2.75) is 64.2 Å². The van der Waals surface area contributed by atoms with Crippen LogP contribution in [0.2, 0.25) is 0 Å². The fraction of sp³-hybridized carbons (Fsp3) is 0.929. The van der Waals surface area contributed by atoms with Crippen molar-refractivity contribution in [2.24, 2.45) is 0 Å². The Kier molecular flexibility index (Phi) is 6.47. The van der Waals surface area contributed by atoms with Crippen molar-refractivity contribution in [3.05, 3.63) is 0 Å². The minimum Gasteiger partial charge on any atom is -0.300 e. The first-order valence-electron chi connectivity index (χ1n) is 7.28. The molecule has 1 aliphatic rings. The van der Waals surface area contributed by atoms with E-state index in [2.05, 4.69) is 4.90 Å². The topological polar surface area (TPSA) is 54.5 Å². The predicted octanol–water partition coefficient (Wildman–Crippen LogP) is 2.03. The fourth-order valence-corrected chi connectivity index (χ4v) is 3.53. The van der Waals surface area contributed by atoms with Crippen LogP contribution in [-0.4, -0.2) is 49.2 Å². The Labute approximate surface area is 117 Å². The molecule has 19 heavy (non-hydrogen) atoms. The highest BCUT2D eigenvalue weighted by atomic mass is 32.2. The van der Waals surface area contributed by atoms with Gasteiger partial charge in [-0.2, -0.15) is 0 Å². The van der Waals surface area contributed by atoms with Crippen molar-refractivity contribution in [3.8, 4) is 0 Å². The normalized spacial score (nSPS) is 22.4. The van der Waals surface area contributed by atoms with Crippen molar-refractivity contribution in [1.82, 2.24) is 4.90 Å². The van der Waals surface area contributed by atoms with Crippen LogP contribution in [0.4, 0.5) is 0 Å². The van der Waals surface area contributed by atoms with E-state index in [0.717, 1.165) is 25.8 Å². The first kappa shape index (κ1) is 16.6. The summed E-state index contributed by atoms with van der Waals surface area (Å²) in [7, 11) is -2.99. The molecule has 1 rings (SSSR count). The number of rotatable bonds is 6. The third-order valence-corrected chi connectivity index (χ3v) is 6.09. The highest BCUT2D eigenvalue weighted by Gasteiger charge is 2.24. The summed E-state index contributed by atoms with van der Waals surface area (Å²) in [6.07, 6.45) is 5.01. The average molecular weight is 289 g/mol. The van der Waals surface area contributed by atoms with Gasteiger partial charge in [0.25, 0.3) is 0 Å². The van der Waals surface area contributed by atoms with E-state index in [-0.39, 0.29) is 22.8 Å². The Hall–Kier alpha value is -0.420. The van der Waals surface area contributed by atoms with Gasteiger partial charge in [0.2, 0.25) is 0 Å².